The van der Waals surface area contributed by atoms with Gasteiger partial charge in [0, 0.05) is 4.47 Å². The van der Waals surface area contributed by atoms with Crippen LogP contribution in [0.25, 0.3) is 16.8 Å². The lowest BCUT2D eigenvalue weighted by Gasteiger charge is -2.26. The number of fused-ring (bicyclic) bond motifs is 1. The first-order valence-corrected chi connectivity index (χ1v) is 13.4. The molecule has 0 spiro atoms. The van der Waals surface area contributed by atoms with E-state index in [2.05, 4.69) is 62.0 Å². The molecule has 0 unspecified atom stereocenters. The third-order valence-electron chi connectivity index (χ3n) is 5.98. The Balaban J connectivity index is 1.45. The van der Waals surface area contributed by atoms with Crippen molar-refractivity contribution in [1.82, 2.24) is 5.32 Å². The van der Waals surface area contributed by atoms with Gasteiger partial charge in [0.2, 0.25) is 0 Å². The zero-order chi connectivity index (χ0) is 26.8. The second kappa shape index (κ2) is 11.0. The molecule has 4 aromatic rings. The summed E-state index contributed by atoms with van der Waals surface area (Å²) in [4.78, 5) is 39.3. The molecule has 190 valence electrons. The minimum Gasteiger partial charge on any atom is -0.493 e. The first kappa shape index (κ1) is 25.9. The fourth-order valence-electron chi connectivity index (χ4n) is 4.21. The number of barbiturate groups is 1. The number of rotatable bonds is 6. The summed E-state index contributed by atoms with van der Waals surface area (Å²) in [6, 6.07) is 23.5. The lowest BCUT2D eigenvalue weighted by molar-refractivity contribution is -0.122. The van der Waals surface area contributed by atoms with E-state index < -0.39 is 17.8 Å². The topological polar surface area (TPSA) is 84.9 Å². The van der Waals surface area contributed by atoms with Crippen molar-refractivity contribution in [2.45, 2.75) is 6.61 Å². The van der Waals surface area contributed by atoms with E-state index in [4.69, 9.17) is 9.47 Å². The second-order valence-corrected chi connectivity index (χ2v) is 10.5. The summed E-state index contributed by atoms with van der Waals surface area (Å²) < 4.78 is 13.2. The maximum Gasteiger partial charge on any atom is 0.335 e. The van der Waals surface area contributed by atoms with Crippen LogP contribution in [-0.2, 0) is 16.2 Å². The van der Waals surface area contributed by atoms with E-state index >= 15 is 0 Å². The number of carbonyl (C=O) groups excluding carboxylic acids is 3. The number of nitrogens with zero attached hydrogens (tertiary/aromatic N) is 1. The van der Waals surface area contributed by atoms with Gasteiger partial charge < -0.3 is 9.47 Å². The highest BCUT2D eigenvalue weighted by atomic mass is 127. The van der Waals surface area contributed by atoms with Crippen molar-refractivity contribution >= 4 is 78.9 Å². The average molecular weight is 683 g/mol. The van der Waals surface area contributed by atoms with Crippen LogP contribution in [0.15, 0.2) is 88.9 Å². The number of imide groups is 2. The Labute approximate surface area is 240 Å². The molecular formula is C29H20BrIN2O5. The van der Waals surface area contributed by atoms with Gasteiger partial charge in [-0.1, -0.05) is 64.5 Å². The van der Waals surface area contributed by atoms with Crippen molar-refractivity contribution in [3.05, 3.63) is 104 Å². The van der Waals surface area contributed by atoms with Crippen molar-refractivity contribution in [1.29, 1.82) is 0 Å². The molecule has 0 radical (unpaired) electrons. The van der Waals surface area contributed by atoms with Crippen LogP contribution in [0, 0.1) is 3.57 Å². The minimum atomic E-state index is -0.806. The SMILES string of the molecule is COc1cc(/C=C2\C(=O)NC(=O)N(c3cccc(Br)c3)C2=O)cc(I)c1OCc1cccc2ccccc12. The van der Waals surface area contributed by atoms with Gasteiger partial charge in [0.05, 0.1) is 16.4 Å². The highest BCUT2D eigenvalue weighted by molar-refractivity contribution is 14.1. The number of amides is 4. The number of ether oxygens (including phenoxy) is 2. The highest BCUT2D eigenvalue weighted by Crippen LogP contribution is 2.36. The monoisotopic (exact) mass is 682 g/mol. The van der Waals surface area contributed by atoms with Crippen LogP contribution in [0.4, 0.5) is 10.5 Å². The molecule has 0 aromatic heterocycles. The first-order valence-electron chi connectivity index (χ1n) is 11.5. The van der Waals surface area contributed by atoms with Gasteiger partial charge >= 0.3 is 6.03 Å². The number of methoxy groups -OCH3 is 1. The van der Waals surface area contributed by atoms with Crippen LogP contribution >= 0.6 is 38.5 Å². The minimum absolute atomic E-state index is 0.174. The molecule has 1 heterocycles. The number of nitrogens with one attached hydrogen (secondary N) is 1. The number of halogens is 2. The van der Waals surface area contributed by atoms with Gasteiger partial charge in [0.25, 0.3) is 11.8 Å². The molecule has 1 fully saturated rings. The Morgan fingerprint density at radius 2 is 1.74 bits per heavy atom. The van der Waals surface area contributed by atoms with Crippen molar-refractivity contribution in [3.8, 4) is 11.5 Å². The smallest absolute Gasteiger partial charge is 0.335 e. The maximum absolute atomic E-state index is 13.2. The lowest BCUT2D eigenvalue weighted by atomic mass is 10.1. The van der Waals surface area contributed by atoms with Gasteiger partial charge in [-0.2, -0.15) is 0 Å². The Bertz CT molecular complexity index is 1630. The molecule has 7 nitrogen and oxygen atoms in total. The summed E-state index contributed by atoms with van der Waals surface area (Å²) in [6.07, 6.45) is 1.44. The van der Waals surface area contributed by atoms with Gasteiger partial charge in [-0.05, 0) is 80.9 Å². The van der Waals surface area contributed by atoms with Gasteiger partial charge in [0.1, 0.15) is 12.2 Å². The number of hydrogen-bond acceptors (Lipinski definition) is 5. The molecule has 1 aliphatic heterocycles. The van der Waals surface area contributed by atoms with Crippen LogP contribution in [0.1, 0.15) is 11.1 Å². The predicted molar refractivity (Wildman–Crippen MR) is 157 cm³/mol. The zero-order valence-corrected chi connectivity index (χ0v) is 23.8. The van der Waals surface area contributed by atoms with E-state index in [1.165, 1.54) is 13.2 Å². The summed E-state index contributed by atoms with van der Waals surface area (Å²) in [5.74, 6) is -0.486. The Hall–Kier alpha value is -3.70. The van der Waals surface area contributed by atoms with Crippen molar-refractivity contribution in [2.24, 2.45) is 0 Å². The molecule has 4 amide bonds. The number of benzene rings is 4. The Morgan fingerprint density at radius 3 is 2.53 bits per heavy atom. The van der Waals surface area contributed by atoms with Gasteiger partial charge in [-0.3, -0.25) is 14.9 Å². The van der Waals surface area contributed by atoms with E-state index in [1.54, 1.807) is 36.4 Å². The van der Waals surface area contributed by atoms with Crippen LogP contribution in [0.3, 0.4) is 0 Å². The highest BCUT2D eigenvalue weighted by Gasteiger charge is 2.37. The third kappa shape index (κ3) is 5.16. The van der Waals surface area contributed by atoms with E-state index in [9.17, 15) is 14.4 Å². The summed E-state index contributed by atoms with van der Waals surface area (Å²) >= 11 is 5.47. The molecule has 0 saturated carbocycles. The molecule has 5 rings (SSSR count). The summed E-state index contributed by atoms with van der Waals surface area (Å²) in [5.41, 5.74) is 1.75. The van der Waals surface area contributed by atoms with Crippen molar-refractivity contribution < 1.29 is 23.9 Å². The third-order valence-corrected chi connectivity index (χ3v) is 7.28. The molecule has 4 aromatic carbocycles. The van der Waals surface area contributed by atoms with Crippen LogP contribution in [0.2, 0.25) is 0 Å². The molecule has 1 N–H and O–H groups in total. The van der Waals surface area contributed by atoms with Crippen LogP contribution < -0.4 is 19.7 Å². The van der Waals surface area contributed by atoms with Gasteiger partial charge in [0.15, 0.2) is 11.5 Å². The lowest BCUT2D eigenvalue weighted by Crippen LogP contribution is -2.54. The molecule has 0 aliphatic carbocycles. The second-order valence-electron chi connectivity index (χ2n) is 8.40. The van der Waals surface area contributed by atoms with E-state index in [-0.39, 0.29) is 5.57 Å². The molecular weight excluding hydrogens is 663 g/mol. The largest absolute Gasteiger partial charge is 0.493 e. The molecule has 38 heavy (non-hydrogen) atoms. The van der Waals surface area contributed by atoms with Crippen LogP contribution in [0.5, 0.6) is 11.5 Å². The number of anilines is 1. The molecule has 0 bridgehead atoms. The van der Waals surface area contributed by atoms with Gasteiger partial charge in [-0.25, -0.2) is 9.69 Å². The van der Waals surface area contributed by atoms with Crippen molar-refractivity contribution in [2.75, 3.05) is 12.0 Å². The summed E-state index contributed by atoms with van der Waals surface area (Å²) in [6.45, 7) is 0.332. The Kier molecular flexibility index (Phi) is 7.48. The van der Waals surface area contributed by atoms with E-state index in [1.807, 2.05) is 24.3 Å². The number of urea groups is 1. The molecule has 0 atom stereocenters. The standard InChI is InChI=1S/C29H20BrIN2O5/c1-37-25-14-17(12-23-27(34)32-29(36)33(28(23)35)21-10-5-9-20(30)15-21)13-24(31)26(25)38-16-19-8-4-7-18-6-2-3-11-22(18)19/h2-15H,16H2,1H3,(H,32,34,36)/b23-12+. The molecule has 1 aliphatic rings. The summed E-state index contributed by atoms with van der Waals surface area (Å²) in [7, 11) is 1.53. The number of carbonyl (C=O) groups is 3. The van der Waals surface area contributed by atoms with E-state index in [0.717, 1.165) is 24.8 Å². The fraction of sp³-hybridized carbons (Fsp3) is 0.0690. The van der Waals surface area contributed by atoms with Crippen LogP contribution in [-0.4, -0.2) is 25.0 Å². The zero-order valence-electron chi connectivity index (χ0n) is 20.0. The fourth-order valence-corrected chi connectivity index (χ4v) is 5.37. The van der Waals surface area contributed by atoms with Crippen molar-refractivity contribution in [3.63, 3.8) is 0 Å². The van der Waals surface area contributed by atoms with E-state index in [0.29, 0.717) is 33.8 Å². The Morgan fingerprint density at radius 1 is 0.974 bits per heavy atom. The average Bonchev–Trinajstić information content (AvgIpc) is 2.90. The van der Waals surface area contributed by atoms with Gasteiger partial charge in [-0.15, -0.1) is 0 Å². The predicted octanol–water partition coefficient (Wildman–Crippen LogP) is 6.46. The first-order chi connectivity index (χ1) is 18.4. The summed E-state index contributed by atoms with van der Waals surface area (Å²) in [5, 5.41) is 4.48. The maximum atomic E-state index is 13.2. The normalized spacial score (nSPS) is 14.7. The quantitative estimate of drug-likeness (QED) is 0.143. The number of hydrogen-bond donors (Lipinski definition) is 1. The molecule has 1 saturated heterocycles. The molecule has 9 heteroatoms.